The summed E-state index contributed by atoms with van der Waals surface area (Å²) in [5.41, 5.74) is 0.752. The van der Waals surface area contributed by atoms with Gasteiger partial charge in [0, 0.05) is 21.6 Å². The van der Waals surface area contributed by atoms with Crippen LogP contribution in [0, 0.1) is 0 Å². The summed E-state index contributed by atoms with van der Waals surface area (Å²) in [7, 11) is -12.8. The van der Waals surface area contributed by atoms with Crippen LogP contribution in [-0.4, -0.2) is 45.9 Å². The zero-order chi connectivity index (χ0) is 23.4. The van der Waals surface area contributed by atoms with E-state index in [1.54, 1.807) is 0 Å². The average molecular weight is 575 g/mol. The Bertz CT molecular complexity index is 1190. The molecule has 0 aliphatic heterocycles. The monoisotopic (exact) mass is 574 g/mol. The molecular weight excluding hydrogens is 557 g/mol. The number of rotatable bonds is 10. The molecule has 8 nitrogen and oxygen atoms in total. The van der Waals surface area contributed by atoms with Crippen LogP contribution in [0.3, 0.4) is 0 Å². The molecule has 0 heterocycles. The molecule has 33 heavy (non-hydrogen) atoms. The maximum atomic E-state index is 13.0. The summed E-state index contributed by atoms with van der Waals surface area (Å²) in [6.07, 6.45) is 0.171. The Morgan fingerprint density at radius 2 is 0.970 bits per heavy atom. The summed E-state index contributed by atoms with van der Waals surface area (Å²) in [5.74, 6) is -1.19. The van der Waals surface area contributed by atoms with Crippen LogP contribution < -0.4 is 59.1 Å². The first kappa shape index (κ1) is 33.8. The standard InChI is InChI=1S/C18H20Cl2O8S3.2Na/c19-17-7-5-15(11-13(17)3-1-9-29(21,22)23)31(27,28)16-6-8-18(20)14(12-16)4-2-10-30(24,25)26;;/h5-8,11-12H,1-4,9-10H2,(H,21,22,23)(H,24,25,26);;/q;2*+1/p-2. The van der Waals surface area contributed by atoms with Gasteiger partial charge in [-0.2, -0.15) is 0 Å². The van der Waals surface area contributed by atoms with Crippen molar-refractivity contribution in [3.8, 4) is 0 Å². The fraction of sp³-hybridized carbons (Fsp3) is 0.333. The second-order valence-electron chi connectivity index (χ2n) is 6.74. The van der Waals surface area contributed by atoms with E-state index >= 15 is 0 Å². The van der Waals surface area contributed by atoms with Crippen LogP contribution in [-0.2, 0) is 42.9 Å². The van der Waals surface area contributed by atoms with Gasteiger partial charge in [0.15, 0.2) is 0 Å². The Hall–Kier alpha value is 0.790. The largest absolute Gasteiger partial charge is 1.00 e. The van der Waals surface area contributed by atoms with E-state index in [0.717, 1.165) is 0 Å². The van der Waals surface area contributed by atoms with E-state index in [2.05, 4.69) is 0 Å². The van der Waals surface area contributed by atoms with Crippen LogP contribution in [0.25, 0.3) is 0 Å². The van der Waals surface area contributed by atoms with E-state index in [1.165, 1.54) is 36.4 Å². The molecule has 172 valence electrons. The number of aryl methyl sites for hydroxylation is 2. The van der Waals surface area contributed by atoms with Gasteiger partial charge in [-0.15, -0.1) is 0 Å². The molecule has 0 spiro atoms. The maximum Gasteiger partial charge on any atom is 1.00 e. The number of hydrogen-bond acceptors (Lipinski definition) is 8. The zero-order valence-corrected chi connectivity index (χ0v) is 25.9. The minimum atomic E-state index is -4.40. The van der Waals surface area contributed by atoms with Crippen molar-refractivity contribution in [2.24, 2.45) is 0 Å². The Labute approximate surface area is 248 Å². The molecule has 0 atom stereocenters. The molecule has 2 aromatic rings. The first-order valence-electron chi connectivity index (χ1n) is 8.88. The molecule has 0 aliphatic carbocycles. The van der Waals surface area contributed by atoms with Crippen LogP contribution in [0.2, 0.25) is 10.0 Å². The van der Waals surface area contributed by atoms with Gasteiger partial charge in [0.2, 0.25) is 9.84 Å². The molecule has 0 radical (unpaired) electrons. The molecule has 0 unspecified atom stereocenters. The molecule has 0 amide bonds. The fourth-order valence-electron chi connectivity index (χ4n) is 2.83. The summed E-state index contributed by atoms with van der Waals surface area (Å²) < 4.78 is 90.7. The van der Waals surface area contributed by atoms with Gasteiger partial charge in [0.05, 0.1) is 30.0 Å². The molecule has 0 bridgehead atoms. The number of sulfone groups is 1. The van der Waals surface area contributed by atoms with Gasteiger partial charge in [-0.05, 0) is 73.2 Å². The molecule has 0 aromatic heterocycles. The molecule has 0 fully saturated rings. The van der Waals surface area contributed by atoms with Crippen LogP contribution >= 0.6 is 23.2 Å². The molecule has 2 aromatic carbocycles. The summed E-state index contributed by atoms with van der Waals surface area (Å²) in [4.78, 5) is -0.181. The molecule has 0 saturated heterocycles. The molecule has 0 aliphatic rings. The van der Waals surface area contributed by atoms with E-state index < -0.39 is 41.6 Å². The fourth-order valence-corrected chi connectivity index (χ4v) is 5.62. The van der Waals surface area contributed by atoms with Crippen molar-refractivity contribution in [1.29, 1.82) is 0 Å². The Morgan fingerprint density at radius 1 is 0.636 bits per heavy atom. The van der Waals surface area contributed by atoms with Crippen LogP contribution in [0.1, 0.15) is 24.0 Å². The molecule has 0 N–H and O–H groups in total. The van der Waals surface area contributed by atoms with Crippen molar-refractivity contribution in [2.45, 2.75) is 35.5 Å². The quantitative estimate of drug-likeness (QED) is 0.213. The van der Waals surface area contributed by atoms with Crippen molar-refractivity contribution < 1.29 is 93.5 Å². The normalized spacial score (nSPS) is 12.0. The van der Waals surface area contributed by atoms with Gasteiger partial charge in [-0.25, -0.2) is 25.3 Å². The number of benzene rings is 2. The van der Waals surface area contributed by atoms with Crippen molar-refractivity contribution in [1.82, 2.24) is 0 Å². The van der Waals surface area contributed by atoms with E-state index in [0.29, 0.717) is 11.1 Å². The summed E-state index contributed by atoms with van der Waals surface area (Å²) in [5, 5.41) is 0.468. The second kappa shape index (κ2) is 13.9. The van der Waals surface area contributed by atoms with Gasteiger partial charge >= 0.3 is 59.1 Å². The number of hydrogen-bond donors (Lipinski definition) is 0. The van der Waals surface area contributed by atoms with Crippen molar-refractivity contribution in [2.75, 3.05) is 11.5 Å². The SMILES string of the molecule is O=S(=O)([O-])CCCc1cc(S(=O)(=O)c2ccc(Cl)c(CCCS(=O)(=O)[O-])c2)ccc1Cl.[Na+].[Na+]. The third kappa shape index (κ3) is 11.2. The van der Waals surface area contributed by atoms with E-state index in [-0.39, 0.29) is 105 Å². The van der Waals surface area contributed by atoms with Crippen LogP contribution in [0.15, 0.2) is 46.2 Å². The van der Waals surface area contributed by atoms with Gasteiger partial charge in [-0.1, -0.05) is 23.2 Å². The minimum absolute atomic E-state index is 0. The van der Waals surface area contributed by atoms with Gasteiger partial charge < -0.3 is 9.11 Å². The van der Waals surface area contributed by atoms with Gasteiger partial charge in [0.1, 0.15) is 0 Å². The van der Waals surface area contributed by atoms with Gasteiger partial charge in [-0.3, -0.25) is 0 Å². The Morgan fingerprint density at radius 3 is 1.27 bits per heavy atom. The summed E-state index contributed by atoms with van der Waals surface area (Å²) >= 11 is 12.1. The first-order valence-corrected chi connectivity index (χ1v) is 14.3. The predicted molar refractivity (Wildman–Crippen MR) is 114 cm³/mol. The van der Waals surface area contributed by atoms with Crippen molar-refractivity contribution in [3.63, 3.8) is 0 Å². The van der Waals surface area contributed by atoms with E-state index in [9.17, 15) is 34.4 Å². The average Bonchev–Trinajstić information content (AvgIpc) is 2.62. The van der Waals surface area contributed by atoms with Crippen molar-refractivity contribution in [3.05, 3.63) is 57.6 Å². The third-order valence-corrected chi connectivity index (χ3v) is 8.40. The summed E-state index contributed by atoms with van der Waals surface area (Å²) in [6, 6.07) is 7.95. The van der Waals surface area contributed by atoms with Crippen LogP contribution in [0.5, 0.6) is 0 Å². The topological polar surface area (TPSA) is 149 Å². The Kier molecular flexibility index (Phi) is 14.3. The van der Waals surface area contributed by atoms with Crippen molar-refractivity contribution >= 4 is 53.3 Å². The summed E-state index contributed by atoms with van der Waals surface area (Å²) in [6.45, 7) is 0. The van der Waals surface area contributed by atoms with Gasteiger partial charge in [0.25, 0.3) is 0 Å². The Balaban J connectivity index is 0.00000512. The third-order valence-electron chi connectivity index (χ3n) is 4.34. The molecule has 15 heteroatoms. The molecular formula is C18H18Cl2Na2O8S3. The van der Waals surface area contributed by atoms with E-state index in [4.69, 9.17) is 23.2 Å². The smallest absolute Gasteiger partial charge is 0.748 e. The maximum absolute atomic E-state index is 13.0. The van der Waals surface area contributed by atoms with Crippen LogP contribution in [0.4, 0.5) is 0 Å². The zero-order valence-electron chi connectivity index (χ0n) is 18.0. The number of halogens is 2. The molecule has 2 rings (SSSR count). The second-order valence-corrected chi connectivity index (χ2v) is 12.6. The molecule has 0 saturated carbocycles. The first-order chi connectivity index (χ1) is 14.2. The predicted octanol–water partition coefficient (Wildman–Crippen LogP) is -3.21. The minimum Gasteiger partial charge on any atom is -0.748 e. The van der Waals surface area contributed by atoms with E-state index in [1.807, 2.05) is 0 Å².